The van der Waals surface area contributed by atoms with Gasteiger partial charge in [0.05, 0.1) is 12.1 Å². The average Bonchev–Trinajstić information content (AvgIpc) is 2.44. The summed E-state index contributed by atoms with van der Waals surface area (Å²) in [5.41, 5.74) is 7.05. The van der Waals surface area contributed by atoms with Crippen molar-refractivity contribution in [3.63, 3.8) is 0 Å². The zero-order chi connectivity index (χ0) is 14.6. The molecule has 0 aliphatic heterocycles. The lowest BCUT2D eigenvalue weighted by Gasteiger charge is -2.30. The molecule has 1 aromatic rings. The molecule has 0 aliphatic rings. The smallest absolute Gasteiger partial charge is 0.240 e. The third-order valence-electron chi connectivity index (χ3n) is 3.82. The van der Waals surface area contributed by atoms with E-state index in [0.29, 0.717) is 5.02 Å². The van der Waals surface area contributed by atoms with Crippen molar-refractivity contribution in [2.45, 2.75) is 39.3 Å². The number of halogens is 1. The minimum atomic E-state index is -0.440. The molecule has 19 heavy (non-hydrogen) atoms. The van der Waals surface area contributed by atoms with Crippen molar-refractivity contribution in [3.05, 3.63) is 34.9 Å². The molecule has 3 unspecified atom stereocenters. The maximum atomic E-state index is 12.3. The van der Waals surface area contributed by atoms with E-state index in [1.54, 1.807) is 11.9 Å². The van der Waals surface area contributed by atoms with E-state index in [9.17, 15) is 4.79 Å². The van der Waals surface area contributed by atoms with Crippen LogP contribution >= 0.6 is 11.6 Å². The number of likely N-dealkylation sites (N-methyl/N-ethyl adjacent to an activating group) is 1. The molecular weight excluding hydrogens is 260 g/mol. The van der Waals surface area contributed by atoms with Crippen LogP contribution in [0, 0.1) is 5.92 Å². The first-order chi connectivity index (χ1) is 8.88. The molecule has 0 saturated carbocycles. The molecule has 0 aliphatic carbocycles. The van der Waals surface area contributed by atoms with E-state index in [4.69, 9.17) is 17.3 Å². The van der Waals surface area contributed by atoms with E-state index in [2.05, 4.69) is 0 Å². The maximum absolute atomic E-state index is 12.3. The van der Waals surface area contributed by atoms with Crippen LogP contribution < -0.4 is 5.73 Å². The summed E-state index contributed by atoms with van der Waals surface area (Å²) >= 11 is 5.87. The van der Waals surface area contributed by atoms with E-state index in [1.165, 1.54) is 0 Å². The first-order valence-electron chi connectivity index (χ1n) is 6.66. The summed E-state index contributed by atoms with van der Waals surface area (Å²) in [5.74, 6) is 0.171. The number of nitrogens with two attached hydrogens (primary N) is 1. The van der Waals surface area contributed by atoms with Crippen molar-refractivity contribution in [2.24, 2.45) is 11.7 Å². The molecule has 1 rings (SSSR count). The molecule has 106 valence electrons. The molecule has 4 heteroatoms. The van der Waals surface area contributed by atoms with Crippen LogP contribution in [0.5, 0.6) is 0 Å². The van der Waals surface area contributed by atoms with Crippen LogP contribution in [-0.2, 0) is 4.79 Å². The maximum Gasteiger partial charge on any atom is 0.240 e. The summed E-state index contributed by atoms with van der Waals surface area (Å²) in [4.78, 5) is 14.0. The highest BCUT2D eigenvalue weighted by molar-refractivity contribution is 6.30. The van der Waals surface area contributed by atoms with Gasteiger partial charge in [-0.05, 0) is 30.5 Å². The predicted octanol–water partition coefficient (Wildman–Crippen LogP) is 3.23. The van der Waals surface area contributed by atoms with Crippen molar-refractivity contribution in [1.29, 1.82) is 0 Å². The lowest BCUT2D eigenvalue weighted by Crippen LogP contribution is -2.46. The predicted molar refractivity (Wildman–Crippen MR) is 80.1 cm³/mol. The van der Waals surface area contributed by atoms with Crippen molar-refractivity contribution in [2.75, 3.05) is 7.05 Å². The Morgan fingerprint density at radius 1 is 1.32 bits per heavy atom. The van der Waals surface area contributed by atoms with Gasteiger partial charge in [-0.2, -0.15) is 0 Å². The van der Waals surface area contributed by atoms with Gasteiger partial charge in [-0.3, -0.25) is 4.79 Å². The third kappa shape index (κ3) is 3.95. The molecule has 0 spiro atoms. The summed E-state index contributed by atoms with van der Waals surface area (Å²) in [6, 6.07) is 7.09. The highest BCUT2D eigenvalue weighted by Gasteiger charge is 2.26. The lowest BCUT2D eigenvalue weighted by molar-refractivity contribution is -0.134. The van der Waals surface area contributed by atoms with Crippen molar-refractivity contribution < 1.29 is 4.79 Å². The Balaban J connectivity index is 2.79. The Morgan fingerprint density at radius 3 is 2.32 bits per heavy atom. The van der Waals surface area contributed by atoms with Gasteiger partial charge in [-0.25, -0.2) is 0 Å². The van der Waals surface area contributed by atoms with Gasteiger partial charge >= 0.3 is 0 Å². The van der Waals surface area contributed by atoms with E-state index >= 15 is 0 Å². The lowest BCUT2D eigenvalue weighted by atomic mass is 9.98. The van der Waals surface area contributed by atoms with Gasteiger partial charge in [0.25, 0.3) is 0 Å². The van der Waals surface area contributed by atoms with Gasteiger partial charge in [-0.15, -0.1) is 0 Å². The SMILES string of the molecule is CCC(C)C(N)C(=O)N(C)C(C)c1ccc(Cl)cc1. The molecule has 1 amide bonds. The second-order valence-electron chi connectivity index (χ2n) is 5.09. The fourth-order valence-corrected chi connectivity index (χ4v) is 2.01. The molecule has 2 N–H and O–H groups in total. The Bertz CT molecular complexity index is 419. The molecule has 0 radical (unpaired) electrons. The van der Waals surface area contributed by atoms with Crippen LogP contribution in [0.2, 0.25) is 5.02 Å². The first-order valence-corrected chi connectivity index (χ1v) is 7.04. The van der Waals surface area contributed by atoms with Crippen molar-refractivity contribution in [3.8, 4) is 0 Å². The van der Waals surface area contributed by atoms with Crippen LogP contribution in [0.15, 0.2) is 24.3 Å². The summed E-state index contributed by atoms with van der Waals surface area (Å²) in [5, 5.41) is 0.696. The van der Waals surface area contributed by atoms with Gasteiger partial charge in [0.15, 0.2) is 0 Å². The number of rotatable bonds is 5. The Labute approximate surface area is 120 Å². The van der Waals surface area contributed by atoms with E-state index < -0.39 is 6.04 Å². The van der Waals surface area contributed by atoms with Gasteiger partial charge < -0.3 is 10.6 Å². The number of hydrogen-bond acceptors (Lipinski definition) is 2. The molecule has 0 aromatic heterocycles. The Morgan fingerprint density at radius 2 is 1.84 bits per heavy atom. The molecule has 3 nitrogen and oxygen atoms in total. The number of nitrogens with zero attached hydrogens (tertiary/aromatic N) is 1. The van der Waals surface area contributed by atoms with Gasteiger partial charge in [0.2, 0.25) is 5.91 Å². The Kier molecular flexibility index (Phi) is 5.83. The molecular formula is C15H23ClN2O. The van der Waals surface area contributed by atoms with Gasteiger partial charge in [0.1, 0.15) is 0 Å². The van der Waals surface area contributed by atoms with Crippen LogP contribution in [0.25, 0.3) is 0 Å². The summed E-state index contributed by atoms with van der Waals surface area (Å²) in [6.45, 7) is 6.04. The standard InChI is InChI=1S/C15H23ClN2O/c1-5-10(2)14(17)15(19)18(4)11(3)12-6-8-13(16)9-7-12/h6-11,14H,5,17H2,1-4H3. The fraction of sp³-hybridized carbons (Fsp3) is 0.533. The molecule has 0 saturated heterocycles. The highest BCUT2D eigenvalue weighted by atomic mass is 35.5. The second-order valence-corrected chi connectivity index (χ2v) is 5.52. The van der Waals surface area contributed by atoms with Crippen molar-refractivity contribution >= 4 is 17.5 Å². The van der Waals surface area contributed by atoms with Gasteiger partial charge in [-0.1, -0.05) is 44.0 Å². The third-order valence-corrected chi connectivity index (χ3v) is 4.08. The number of benzene rings is 1. The Hall–Kier alpha value is -1.06. The molecule has 0 bridgehead atoms. The zero-order valence-electron chi connectivity index (χ0n) is 12.1. The quantitative estimate of drug-likeness (QED) is 0.901. The molecule has 3 atom stereocenters. The number of amides is 1. The summed E-state index contributed by atoms with van der Waals surface area (Å²) in [7, 11) is 1.80. The van der Waals surface area contributed by atoms with Crippen molar-refractivity contribution in [1.82, 2.24) is 4.90 Å². The fourth-order valence-electron chi connectivity index (χ4n) is 1.89. The second kappa shape index (κ2) is 6.92. The number of hydrogen-bond donors (Lipinski definition) is 1. The largest absolute Gasteiger partial charge is 0.338 e. The highest BCUT2D eigenvalue weighted by Crippen LogP contribution is 2.22. The number of carbonyl (C=O) groups is 1. The number of carbonyl (C=O) groups excluding carboxylic acids is 1. The minimum Gasteiger partial charge on any atom is -0.338 e. The molecule has 0 fully saturated rings. The topological polar surface area (TPSA) is 46.3 Å². The van der Waals surface area contributed by atoms with E-state index in [0.717, 1.165) is 12.0 Å². The summed E-state index contributed by atoms with van der Waals surface area (Å²) < 4.78 is 0. The van der Waals surface area contributed by atoms with E-state index in [-0.39, 0.29) is 17.9 Å². The van der Waals surface area contributed by atoms with Crippen LogP contribution in [0.4, 0.5) is 0 Å². The molecule has 0 heterocycles. The van der Waals surface area contributed by atoms with E-state index in [1.807, 2.05) is 45.0 Å². The normalized spacial score (nSPS) is 15.7. The summed E-state index contributed by atoms with van der Waals surface area (Å²) in [6.07, 6.45) is 0.899. The minimum absolute atomic E-state index is 0.0140. The van der Waals surface area contributed by atoms with Crippen LogP contribution in [0.1, 0.15) is 38.8 Å². The average molecular weight is 283 g/mol. The van der Waals surface area contributed by atoms with Crippen LogP contribution in [0.3, 0.4) is 0 Å². The van der Waals surface area contributed by atoms with Gasteiger partial charge in [0, 0.05) is 12.1 Å². The monoisotopic (exact) mass is 282 g/mol. The molecule has 1 aromatic carbocycles. The zero-order valence-corrected chi connectivity index (χ0v) is 12.8. The van der Waals surface area contributed by atoms with Crippen LogP contribution in [-0.4, -0.2) is 23.9 Å². The first kappa shape index (κ1) is 16.0.